The van der Waals surface area contributed by atoms with Crippen LogP contribution in [0.25, 0.3) is 0 Å². The molecule has 2 saturated heterocycles. The second-order valence-corrected chi connectivity index (χ2v) is 15.7. The number of carbonyl (C=O) groups is 4. The van der Waals surface area contributed by atoms with Crippen molar-refractivity contribution in [2.75, 3.05) is 26.8 Å². The summed E-state index contributed by atoms with van der Waals surface area (Å²) in [6, 6.07) is 19.1. The molecule has 306 valence electrons. The van der Waals surface area contributed by atoms with Gasteiger partial charge in [0.25, 0.3) is 0 Å². The maximum atomic E-state index is 12.5. The lowest BCUT2D eigenvalue weighted by atomic mass is 10.0. The molecule has 15 heteroatoms. The van der Waals surface area contributed by atoms with Gasteiger partial charge < -0.3 is 25.4 Å². The van der Waals surface area contributed by atoms with Crippen molar-refractivity contribution in [1.29, 1.82) is 0 Å². The van der Waals surface area contributed by atoms with Crippen LogP contribution in [0.2, 0.25) is 0 Å². The fourth-order valence-electron chi connectivity index (χ4n) is 6.44. The Bertz CT molecular complexity index is 1990. The van der Waals surface area contributed by atoms with Crippen LogP contribution in [-0.4, -0.2) is 86.6 Å². The summed E-state index contributed by atoms with van der Waals surface area (Å²) in [5.74, 6) is 0.680. The molecule has 14 nitrogen and oxygen atoms in total. The summed E-state index contributed by atoms with van der Waals surface area (Å²) in [5, 5.41) is 8.57. The predicted octanol–water partition coefficient (Wildman–Crippen LogP) is 3.98. The molecule has 0 bridgehead atoms. The SMILES string of the molecule is C.C=C1CCC(NCCc2ccccn2)C(=O)N1.C=C1CCC(NS(=O)(=O)c2ccc3c(c2)OCCCO3)C(=O)N1.CN(Cc1ccccc1)C1CC(=O)CC1=O. The molecule has 1 aliphatic carbocycles. The highest BCUT2D eigenvalue weighted by molar-refractivity contribution is 7.89. The largest absolute Gasteiger partial charge is 0.490 e. The number of likely N-dealkylation sites (N-methyl/N-ethyl adjacent to an activating group) is 1. The van der Waals surface area contributed by atoms with Crippen molar-refractivity contribution in [2.45, 2.75) is 88.4 Å². The van der Waals surface area contributed by atoms with Crippen molar-refractivity contribution in [3.8, 4) is 11.5 Å². The fourth-order valence-corrected chi connectivity index (χ4v) is 7.68. The zero-order chi connectivity index (χ0) is 40.1. The number of allylic oxidation sites excluding steroid dienone is 2. The number of ketones is 2. The summed E-state index contributed by atoms with van der Waals surface area (Å²) in [5.41, 5.74) is 3.62. The number of piperidine rings is 2. The van der Waals surface area contributed by atoms with E-state index in [0.717, 1.165) is 49.2 Å². The molecule has 4 N–H and O–H groups in total. The molecule has 3 atom stereocenters. The number of hydrogen-bond donors (Lipinski definition) is 4. The number of nitrogens with zero attached hydrogens (tertiary/aromatic N) is 2. The van der Waals surface area contributed by atoms with Gasteiger partial charge >= 0.3 is 0 Å². The van der Waals surface area contributed by atoms with Crippen LogP contribution in [0, 0.1) is 0 Å². The lowest BCUT2D eigenvalue weighted by Gasteiger charge is -2.24. The summed E-state index contributed by atoms with van der Waals surface area (Å²) >= 11 is 0. The minimum Gasteiger partial charge on any atom is -0.490 e. The first kappa shape index (κ1) is 44.5. The highest BCUT2D eigenvalue weighted by atomic mass is 32.2. The molecule has 3 aliphatic heterocycles. The Morgan fingerprint density at radius 3 is 2.12 bits per heavy atom. The molecular formula is C42H54N6O8S. The van der Waals surface area contributed by atoms with Crippen molar-refractivity contribution in [3.63, 3.8) is 0 Å². The first-order valence-electron chi connectivity index (χ1n) is 18.7. The number of benzene rings is 2. The summed E-state index contributed by atoms with van der Waals surface area (Å²) in [6.45, 7) is 9.91. The van der Waals surface area contributed by atoms with Gasteiger partial charge in [-0.05, 0) is 62.6 Å². The lowest BCUT2D eigenvalue weighted by molar-refractivity contribution is -0.124. The Kier molecular flexibility index (Phi) is 16.7. The van der Waals surface area contributed by atoms with Crippen LogP contribution in [0.3, 0.4) is 0 Å². The van der Waals surface area contributed by atoms with Gasteiger partial charge in [-0.25, -0.2) is 8.42 Å². The third kappa shape index (κ3) is 13.5. The maximum Gasteiger partial charge on any atom is 0.242 e. The van der Waals surface area contributed by atoms with Crippen molar-refractivity contribution in [2.24, 2.45) is 0 Å². The van der Waals surface area contributed by atoms with Gasteiger partial charge in [-0.15, -0.1) is 0 Å². The highest BCUT2D eigenvalue weighted by Gasteiger charge is 2.34. The van der Waals surface area contributed by atoms with Crippen LogP contribution in [-0.2, 0) is 42.2 Å². The number of carbonyl (C=O) groups excluding carboxylic acids is 4. The van der Waals surface area contributed by atoms with Gasteiger partial charge in [0.05, 0.1) is 36.6 Å². The molecule has 7 rings (SSSR count). The zero-order valence-corrected chi connectivity index (χ0v) is 32.4. The molecule has 57 heavy (non-hydrogen) atoms. The van der Waals surface area contributed by atoms with Crippen LogP contribution < -0.4 is 30.1 Å². The number of nitrogens with one attached hydrogen (secondary N) is 4. The van der Waals surface area contributed by atoms with E-state index < -0.39 is 16.1 Å². The van der Waals surface area contributed by atoms with E-state index in [4.69, 9.17) is 9.47 Å². The second kappa shape index (κ2) is 21.3. The number of fused-ring (bicyclic) bond motifs is 1. The Hall–Kier alpha value is -5.22. The number of pyridine rings is 1. The summed E-state index contributed by atoms with van der Waals surface area (Å²) in [4.78, 5) is 52.4. The molecule has 4 heterocycles. The monoisotopic (exact) mass is 802 g/mol. The van der Waals surface area contributed by atoms with Crippen LogP contribution in [0.4, 0.5) is 0 Å². The molecule has 1 aromatic heterocycles. The first-order chi connectivity index (χ1) is 26.9. The molecule has 3 aromatic rings. The quantitative estimate of drug-likeness (QED) is 0.218. The van der Waals surface area contributed by atoms with Gasteiger partial charge in [0, 0.05) is 61.7 Å². The Morgan fingerprint density at radius 2 is 1.51 bits per heavy atom. The van der Waals surface area contributed by atoms with Crippen LogP contribution in [0.1, 0.15) is 63.6 Å². The number of rotatable bonds is 10. The van der Waals surface area contributed by atoms with Gasteiger partial charge in [0.2, 0.25) is 21.8 Å². The third-order valence-electron chi connectivity index (χ3n) is 9.50. The first-order valence-corrected chi connectivity index (χ1v) is 20.2. The van der Waals surface area contributed by atoms with E-state index in [1.54, 1.807) is 12.3 Å². The van der Waals surface area contributed by atoms with Crippen LogP contribution >= 0.6 is 0 Å². The summed E-state index contributed by atoms with van der Waals surface area (Å²) < 4.78 is 38.4. The van der Waals surface area contributed by atoms with Crippen molar-refractivity contribution < 1.29 is 37.1 Å². The van der Waals surface area contributed by atoms with Crippen molar-refractivity contribution >= 4 is 33.4 Å². The van der Waals surface area contributed by atoms with Gasteiger partial charge in [0.1, 0.15) is 11.8 Å². The average molecular weight is 803 g/mol. The van der Waals surface area contributed by atoms with Crippen LogP contribution in [0.5, 0.6) is 11.5 Å². The summed E-state index contributed by atoms with van der Waals surface area (Å²) in [7, 11) is -1.93. The normalized spacial score (nSPS) is 20.5. The number of ether oxygens (including phenoxy) is 2. The molecule has 3 unspecified atom stereocenters. The number of sulfonamides is 1. The Labute approximate surface area is 335 Å². The van der Waals surface area contributed by atoms with Crippen molar-refractivity contribution in [3.05, 3.63) is 109 Å². The number of aromatic nitrogens is 1. The molecule has 0 spiro atoms. The molecule has 0 radical (unpaired) electrons. The maximum absolute atomic E-state index is 12.5. The minimum atomic E-state index is -3.83. The van der Waals surface area contributed by atoms with E-state index in [9.17, 15) is 27.6 Å². The Balaban J connectivity index is 0.000000192. The predicted molar refractivity (Wildman–Crippen MR) is 217 cm³/mol. The highest BCUT2D eigenvalue weighted by Crippen LogP contribution is 2.32. The molecule has 2 aromatic carbocycles. The van der Waals surface area contributed by atoms with Gasteiger partial charge in [-0.3, -0.25) is 29.1 Å². The van der Waals surface area contributed by atoms with E-state index in [1.807, 2.05) is 60.5 Å². The molecule has 4 aliphatic rings. The fraction of sp³-hybridized carbons (Fsp3) is 0.405. The third-order valence-corrected chi connectivity index (χ3v) is 11.0. The van der Waals surface area contributed by atoms with E-state index in [-0.39, 0.29) is 54.2 Å². The minimum absolute atomic E-state index is 0. The number of amides is 2. The van der Waals surface area contributed by atoms with E-state index >= 15 is 0 Å². The Morgan fingerprint density at radius 1 is 0.860 bits per heavy atom. The molecule has 2 amide bonds. The molecule has 1 saturated carbocycles. The van der Waals surface area contributed by atoms with E-state index in [0.29, 0.717) is 56.2 Å². The molecule has 3 fully saturated rings. The van der Waals surface area contributed by atoms with Gasteiger partial charge in [0.15, 0.2) is 17.3 Å². The van der Waals surface area contributed by atoms with E-state index in [1.165, 1.54) is 12.1 Å². The average Bonchev–Trinajstić information content (AvgIpc) is 3.35. The van der Waals surface area contributed by atoms with Gasteiger partial charge in [-0.1, -0.05) is 57.0 Å². The van der Waals surface area contributed by atoms with Crippen LogP contribution in [0.15, 0.2) is 102 Å². The number of hydrogen-bond acceptors (Lipinski definition) is 11. The smallest absolute Gasteiger partial charge is 0.242 e. The lowest BCUT2D eigenvalue weighted by Crippen LogP contribution is -2.49. The van der Waals surface area contributed by atoms with Crippen molar-refractivity contribution in [1.82, 2.24) is 30.6 Å². The standard InChI is InChI=1S/C15H18N2O5S.C13H17N3O.C13H15NO2.CH4/c1-10-3-5-12(15(18)16-10)17-23(19,20)11-4-6-13-14(9-11)22-8-2-7-21-13;1-10-5-6-12(13(17)16-10)15-9-7-11-4-2-3-8-14-11;1-14(9-10-5-3-2-4-6-10)12-7-11(15)8-13(12)16;/h4,6,9,12,17H,1-3,5,7-8H2,(H,16,18);2-4,8,12,15H,1,5-7,9H2,(H,16,17);2-6,12H,7-9H2,1H3;1H4. The van der Waals surface area contributed by atoms with E-state index in [2.05, 4.69) is 38.8 Å². The van der Waals surface area contributed by atoms with Gasteiger partial charge in [-0.2, -0.15) is 4.72 Å². The topological polar surface area (TPSA) is 185 Å². The molecular weight excluding hydrogens is 749 g/mol. The zero-order valence-electron chi connectivity index (χ0n) is 31.6. The second-order valence-electron chi connectivity index (χ2n) is 14.0. The number of Topliss-reactive ketones (excluding diaryl/α,β-unsaturated/α-hetero) is 2. The summed E-state index contributed by atoms with van der Waals surface area (Å²) in [6.07, 6.45) is 6.46.